The number of hydrogen-bond donors (Lipinski definition) is 0. The van der Waals surface area contributed by atoms with Gasteiger partial charge in [-0.15, -0.1) is 0 Å². The first kappa shape index (κ1) is 12.9. The third-order valence-electron chi connectivity index (χ3n) is 3.35. The molecular weight excluding hydrogens is 222 g/mol. The average molecular weight is 245 g/mol. The second kappa shape index (κ2) is 5.89. The zero-order valence-corrected chi connectivity index (χ0v) is 11.6. The van der Waals surface area contributed by atoms with Crippen LogP contribution in [-0.4, -0.2) is 36.4 Å². The van der Waals surface area contributed by atoms with E-state index < -0.39 is 0 Å². The molecule has 0 aliphatic carbocycles. The SMILES string of the molecule is CC1CCCN(Cc2ccccc2)/C1=N/N(C)C. The number of hydrazone groups is 1. The van der Waals surface area contributed by atoms with Crippen LogP contribution < -0.4 is 0 Å². The third kappa shape index (κ3) is 3.25. The summed E-state index contributed by atoms with van der Waals surface area (Å²) in [4.78, 5) is 2.42. The number of piperidine rings is 1. The van der Waals surface area contributed by atoms with Gasteiger partial charge >= 0.3 is 0 Å². The zero-order chi connectivity index (χ0) is 13.0. The van der Waals surface area contributed by atoms with Crippen LogP contribution in [0.15, 0.2) is 35.4 Å². The predicted octanol–water partition coefficient (Wildman–Crippen LogP) is 2.79. The Hall–Kier alpha value is -1.51. The number of nitrogens with zero attached hydrogens (tertiary/aromatic N) is 3. The molecule has 18 heavy (non-hydrogen) atoms. The molecule has 0 N–H and O–H groups in total. The lowest BCUT2D eigenvalue weighted by Gasteiger charge is -2.35. The Bertz CT molecular complexity index is 397. The minimum absolute atomic E-state index is 0.560. The smallest absolute Gasteiger partial charge is 0.128 e. The summed E-state index contributed by atoms with van der Waals surface area (Å²) in [5.41, 5.74) is 1.36. The molecule has 1 aliphatic heterocycles. The number of rotatable bonds is 3. The molecule has 98 valence electrons. The van der Waals surface area contributed by atoms with Crippen LogP contribution in [0.2, 0.25) is 0 Å². The highest BCUT2D eigenvalue weighted by molar-refractivity contribution is 5.84. The largest absolute Gasteiger partial charge is 0.354 e. The molecule has 3 heteroatoms. The third-order valence-corrected chi connectivity index (χ3v) is 3.35. The van der Waals surface area contributed by atoms with Crippen molar-refractivity contribution >= 4 is 5.84 Å². The maximum Gasteiger partial charge on any atom is 0.128 e. The summed E-state index contributed by atoms with van der Waals surface area (Å²) in [7, 11) is 3.99. The van der Waals surface area contributed by atoms with Gasteiger partial charge in [-0.1, -0.05) is 37.3 Å². The van der Waals surface area contributed by atoms with Crippen molar-refractivity contribution in [2.45, 2.75) is 26.3 Å². The molecule has 1 heterocycles. The van der Waals surface area contributed by atoms with Gasteiger partial charge in [0, 0.05) is 33.1 Å². The van der Waals surface area contributed by atoms with Crippen molar-refractivity contribution in [3.05, 3.63) is 35.9 Å². The van der Waals surface area contributed by atoms with Crippen LogP contribution in [0.4, 0.5) is 0 Å². The Morgan fingerprint density at radius 1 is 1.28 bits per heavy atom. The molecule has 1 fully saturated rings. The lowest BCUT2D eigenvalue weighted by molar-refractivity contribution is 0.311. The molecule has 1 atom stereocenters. The lowest BCUT2D eigenvalue weighted by atomic mass is 9.98. The number of benzene rings is 1. The van der Waals surface area contributed by atoms with E-state index in [1.54, 1.807) is 0 Å². The highest BCUT2D eigenvalue weighted by Crippen LogP contribution is 2.21. The fourth-order valence-corrected chi connectivity index (χ4v) is 2.47. The van der Waals surface area contributed by atoms with E-state index in [9.17, 15) is 0 Å². The summed E-state index contributed by atoms with van der Waals surface area (Å²) in [5, 5.41) is 6.58. The first-order valence-corrected chi connectivity index (χ1v) is 6.71. The van der Waals surface area contributed by atoms with Crippen LogP contribution in [0.3, 0.4) is 0 Å². The van der Waals surface area contributed by atoms with Gasteiger partial charge in [0.25, 0.3) is 0 Å². The second-order valence-electron chi connectivity index (χ2n) is 5.26. The summed E-state index contributed by atoms with van der Waals surface area (Å²) in [6.45, 7) is 4.36. The fourth-order valence-electron chi connectivity index (χ4n) is 2.47. The molecular formula is C15H23N3. The van der Waals surface area contributed by atoms with E-state index in [4.69, 9.17) is 0 Å². The Kier molecular flexibility index (Phi) is 4.24. The van der Waals surface area contributed by atoms with Crippen molar-refractivity contribution < 1.29 is 0 Å². The molecule has 1 aromatic carbocycles. The van der Waals surface area contributed by atoms with Crippen molar-refractivity contribution in [3.63, 3.8) is 0 Å². The lowest BCUT2D eigenvalue weighted by Crippen LogP contribution is -2.40. The van der Waals surface area contributed by atoms with Crippen molar-refractivity contribution in [1.29, 1.82) is 0 Å². The van der Waals surface area contributed by atoms with Gasteiger partial charge in [-0.3, -0.25) is 0 Å². The van der Waals surface area contributed by atoms with Gasteiger partial charge in [-0.25, -0.2) is 0 Å². The first-order chi connectivity index (χ1) is 8.66. The predicted molar refractivity (Wildman–Crippen MR) is 76.4 cm³/mol. The van der Waals surface area contributed by atoms with E-state index in [0.29, 0.717) is 5.92 Å². The van der Waals surface area contributed by atoms with Crippen LogP contribution in [0.25, 0.3) is 0 Å². The Labute approximate surface area is 110 Å². The van der Waals surface area contributed by atoms with Crippen molar-refractivity contribution in [3.8, 4) is 0 Å². The van der Waals surface area contributed by atoms with E-state index in [-0.39, 0.29) is 0 Å². The molecule has 2 rings (SSSR count). The first-order valence-electron chi connectivity index (χ1n) is 6.71. The molecule has 1 aromatic rings. The van der Waals surface area contributed by atoms with Gasteiger partial charge in [0.1, 0.15) is 5.84 Å². The maximum absolute atomic E-state index is 4.67. The molecule has 1 aliphatic rings. The standard InChI is InChI=1S/C15H23N3/c1-13-8-7-11-18(15(13)16-17(2)3)12-14-9-5-4-6-10-14/h4-6,9-10,13H,7-8,11-12H2,1-3H3/b16-15+. The zero-order valence-electron chi connectivity index (χ0n) is 11.6. The van der Waals surface area contributed by atoms with E-state index in [1.807, 2.05) is 19.1 Å². The van der Waals surface area contributed by atoms with Crippen molar-refractivity contribution in [2.24, 2.45) is 11.0 Å². The summed E-state index contributed by atoms with van der Waals surface area (Å²) in [5.74, 6) is 1.79. The van der Waals surface area contributed by atoms with Crippen LogP contribution in [0, 0.1) is 5.92 Å². The van der Waals surface area contributed by atoms with Gasteiger partial charge in [-0.2, -0.15) is 5.10 Å². The van der Waals surface area contributed by atoms with Crippen LogP contribution in [0.5, 0.6) is 0 Å². The van der Waals surface area contributed by atoms with Gasteiger partial charge in [0.05, 0.1) is 0 Å². The van der Waals surface area contributed by atoms with Crippen LogP contribution in [-0.2, 0) is 6.54 Å². The summed E-state index contributed by atoms with van der Waals surface area (Å²) < 4.78 is 0. The molecule has 0 amide bonds. The van der Waals surface area contributed by atoms with Crippen molar-refractivity contribution in [2.75, 3.05) is 20.6 Å². The van der Waals surface area contributed by atoms with E-state index in [2.05, 4.69) is 47.3 Å². The highest BCUT2D eigenvalue weighted by Gasteiger charge is 2.23. The van der Waals surface area contributed by atoms with E-state index in [0.717, 1.165) is 13.1 Å². The average Bonchev–Trinajstić information content (AvgIpc) is 2.34. The van der Waals surface area contributed by atoms with Gasteiger partial charge in [0.2, 0.25) is 0 Å². The van der Waals surface area contributed by atoms with Crippen molar-refractivity contribution in [1.82, 2.24) is 9.91 Å². The van der Waals surface area contributed by atoms with Gasteiger partial charge in [0.15, 0.2) is 0 Å². The molecule has 0 spiro atoms. The second-order valence-corrected chi connectivity index (χ2v) is 5.26. The van der Waals surface area contributed by atoms with E-state index in [1.165, 1.54) is 24.2 Å². The Balaban J connectivity index is 2.14. The summed E-state index contributed by atoms with van der Waals surface area (Å²) in [6, 6.07) is 10.6. The molecule has 0 radical (unpaired) electrons. The Morgan fingerprint density at radius 3 is 2.67 bits per heavy atom. The number of hydrogen-bond acceptors (Lipinski definition) is 2. The molecule has 0 saturated carbocycles. The quantitative estimate of drug-likeness (QED) is 0.763. The monoisotopic (exact) mass is 245 g/mol. The molecule has 0 bridgehead atoms. The Morgan fingerprint density at radius 2 is 2.00 bits per heavy atom. The van der Waals surface area contributed by atoms with Gasteiger partial charge in [-0.05, 0) is 18.4 Å². The fraction of sp³-hybridized carbons (Fsp3) is 0.533. The maximum atomic E-state index is 4.67. The van der Waals surface area contributed by atoms with Crippen LogP contribution in [0.1, 0.15) is 25.3 Å². The normalized spacial score (nSPS) is 22.3. The minimum Gasteiger partial charge on any atom is -0.354 e. The molecule has 1 saturated heterocycles. The molecule has 3 nitrogen and oxygen atoms in total. The van der Waals surface area contributed by atoms with Gasteiger partial charge < -0.3 is 9.91 Å². The topological polar surface area (TPSA) is 18.8 Å². The number of likely N-dealkylation sites (tertiary alicyclic amines) is 1. The van der Waals surface area contributed by atoms with E-state index >= 15 is 0 Å². The highest BCUT2D eigenvalue weighted by atomic mass is 15.5. The molecule has 0 aromatic heterocycles. The summed E-state index contributed by atoms with van der Waals surface area (Å²) in [6.07, 6.45) is 2.51. The van der Waals surface area contributed by atoms with Crippen LogP contribution >= 0.6 is 0 Å². The minimum atomic E-state index is 0.560. The number of amidine groups is 1. The molecule has 1 unspecified atom stereocenters. The summed E-state index contributed by atoms with van der Waals surface area (Å²) >= 11 is 0.